The van der Waals surface area contributed by atoms with Gasteiger partial charge in [0.1, 0.15) is 0 Å². The molecule has 2 aliphatic carbocycles. The Balaban J connectivity index is 1.94. The van der Waals surface area contributed by atoms with E-state index in [9.17, 15) is 0 Å². The van der Waals surface area contributed by atoms with Gasteiger partial charge in [0, 0.05) is 5.41 Å². The third-order valence-corrected chi connectivity index (χ3v) is 4.99. The first kappa shape index (κ1) is 9.21. The Labute approximate surface area is 87.2 Å². The molecule has 0 aromatic heterocycles. The third-order valence-electron chi connectivity index (χ3n) is 4.99. The second-order valence-electron chi connectivity index (χ2n) is 7.21. The van der Waals surface area contributed by atoms with Crippen LogP contribution in [0.15, 0.2) is 0 Å². The van der Waals surface area contributed by atoms with Crippen molar-refractivity contribution in [2.45, 2.75) is 65.1 Å². The van der Waals surface area contributed by atoms with Gasteiger partial charge in [-0.1, -0.05) is 13.8 Å². The second-order valence-corrected chi connectivity index (χ2v) is 7.21. The van der Waals surface area contributed by atoms with Crippen molar-refractivity contribution >= 4 is 0 Å². The van der Waals surface area contributed by atoms with Crippen molar-refractivity contribution in [2.24, 2.45) is 16.7 Å². The predicted octanol–water partition coefficient (Wildman–Crippen LogP) is 3.38. The van der Waals surface area contributed by atoms with E-state index in [1.807, 2.05) is 0 Å². The van der Waals surface area contributed by atoms with Crippen molar-refractivity contribution in [1.29, 1.82) is 0 Å². The number of rotatable bonds is 0. The van der Waals surface area contributed by atoms with Gasteiger partial charge in [0.2, 0.25) is 0 Å². The number of hydrogen-bond acceptors (Lipinski definition) is 1. The van der Waals surface area contributed by atoms with Gasteiger partial charge in [-0.2, -0.15) is 0 Å². The lowest BCUT2D eigenvalue weighted by molar-refractivity contribution is -0.0440. The Hall–Kier alpha value is -0.0400. The van der Waals surface area contributed by atoms with Crippen molar-refractivity contribution in [2.75, 3.05) is 0 Å². The van der Waals surface area contributed by atoms with Crippen LogP contribution in [0.1, 0.15) is 53.4 Å². The standard InChI is InChI=1S/C13H22O/c1-11(2)7-13-6-9(11)5-10(13)14-12(3,4)8-13/h9-10H,5-8H2,1-4H3/t9-,10-,13+/m0/s1. The quantitative estimate of drug-likeness (QED) is 0.574. The summed E-state index contributed by atoms with van der Waals surface area (Å²) < 4.78 is 6.19. The van der Waals surface area contributed by atoms with E-state index in [4.69, 9.17) is 4.74 Å². The first-order valence-electron chi connectivity index (χ1n) is 6.01. The minimum atomic E-state index is 0.149. The fraction of sp³-hybridized carbons (Fsp3) is 1.00. The fourth-order valence-electron chi connectivity index (χ4n) is 4.74. The van der Waals surface area contributed by atoms with Gasteiger partial charge in [0.15, 0.2) is 0 Å². The van der Waals surface area contributed by atoms with Gasteiger partial charge in [0.25, 0.3) is 0 Å². The molecule has 0 aromatic rings. The highest BCUT2D eigenvalue weighted by Crippen LogP contribution is 2.69. The Morgan fingerprint density at radius 2 is 1.79 bits per heavy atom. The molecule has 2 bridgehead atoms. The first-order chi connectivity index (χ1) is 6.33. The van der Waals surface area contributed by atoms with Crippen molar-refractivity contribution in [3.63, 3.8) is 0 Å². The Kier molecular flexibility index (Phi) is 1.45. The molecule has 3 aliphatic rings. The van der Waals surface area contributed by atoms with Crippen molar-refractivity contribution < 1.29 is 4.74 Å². The van der Waals surface area contributed by atoms with Gasteiger partial charge in [-0.3, -0.25) is 0 Å². The molecular weight excluding hydrogens is 172 g/mol. The summed E-state index contributed by atoms with van der Waals surface area (Å²) in [5, 5.41) is 0. The van der Waals surface area contributed by atoms with E-state index in [0.29, 0.717) is 16.9 Å². The lowest BCUT2D eigenvalue weighted by Crippen LogP contribution is -2.32. The molecule has 14 heavy (non-hydrogen) atoms. The molecule has 80 valence electrons. The molecule has 1 spiro atoms. The molecule has 1 nitrogen and oxygen atoms in total. The summed E-state index contributed by atoms with van der Waals surface area (Å²) in [5.41, 5.74) is 1.30. The zero-order valence-electron chi connectivity index (χ0n) is 9.89. The molecule has 1 saturated heterocycles. The number of hydrogen-bond donors (Lipinski definition) is 0. The van der Waals surface area contributed by atoms with Gasteiger partial charge in [-0.05, 0) is 50.9 Å². The molecule has 2 saturated carbocycles. The highest BCUT2D eigenvalue weighted by molar-refractivity contribution is 5.14. The van der Waals surface area contributed by atoms with Crippen LogP contribution in [-0.4, -0.2) is 11.7 Å². The average molecular weight is 194 g/mol. The minimum absolute atomic E-state index is 0.149. The first-order valence-corrected chi connectivity index (χ1v) is 6.01. The van der Waals surface area contributed by atoms with Crippen LogP contribution in [0, 0.1) is 16.7 Å². The van der Waals surface area contributed by atoms with Crippen molar-refractivity contribution in [3.05, 3.63) is 0 Å². The zero-order chi connectivity index (χ0) is 10.2. The van der Waals surface area contributed by atoms with Crippen LogP contribution in [0.4, 0.5) is 0 Å². The van der Waals surface area contributed by atoms with Crippen LogP contribution in [0.2, 0.25) is 0 Å². The summed E-state index contributed by atoms with van der Waals surface area (Å²) in [5.74, 6) is 0.934. The highest BCUT2D eigenvalue weighted by atomic mass is 16.5. The van der Waals surface area contributed by atoms with E-state index in [1.165, 1.54) is 25.7 Å². The van der Waals surface area contributed by atoms with Crippen LogP contribution < -0.4 is 0 Å². The summed E-state index contributed by atoms with van der Waals surface area (Å²) >= 11 is 0. The van der Waals surface area contributed by atoms with Crippen molar-refractivity contribution in [1.82, 2.24) is 0 Å². The van der Waals surface area contributed by atoms with Gasteiger partial charge >= 0.3 is 0 Å². The van der Waals surface area contributed by atoms with Crippen molar-refractivity contribution in [3.8, 4) is 0 Å². The maximum atomic E-state index is 6.19. The van der Waals surface area contributed by atoms with E-state index in [-0.39, 0.29) is 5.60 Å². The Bertz CT molecular complexity index is 275. The maximum absolute atomic E-state index is 6.19. The summed E-state index contributed by atoms with van der Waals surface area (Å²) in [6.45, 7) is 9.43. The van der Waals surface area contributed by atoms with Crippen LogP contribution in [0.3, 0.4) is 0 Å². The zero-order valence-corrected chi connectivity index (χ0v) is 9.89. The minimum Gasteiger partial charge on any atom is -0.372 e. The largest absolute Gasteiger partial charge is 0.372 e. The molecule has 0 N–H and O–H groups in total. The number of fused-ring (bicyclic) bond motifs is 1. The predicted molar refractivity (Wildman–Crippen MR) is 57.1 cm³/mol. The van der Waals surface area contributed by atoms with Crippen LogP contribution >= 0.6 is 0 Å². The molecule has 1 heterocycles. The molecule has 3 fully saturated rings. The number of ether oxygens (including phenoxy) is 1. The Morgan fingerprint density at radius 1 is 1.07 bits per heavy atom. The molecular formula is C13H22O. The molecule has 3 rings (SSSR count). The van der Waals surface area contributed by atoms with Gasteiger partial charge < -0.3 is 4.74 Å². The summed E-state index contributed by atoms with van der Waals surface area (Å²) in [4.78, 5) is 0. The van der Waals surface area contributed by atoms with Gasteiger partial charge in [0.05, 0.1) is 11.7 Å². The van der Waals surface area contributed by atoms with Crippen LogP contribution in [0.25, 0.3) is 0 Å². The van der Waals surface area contributed by atoms with Crippen LogP contribution in [-0.2, 0) is 4.74 Å². The monoisotopic (exact) mass is 194 g/mol. The van der Waals surface area contributed by atoms with E-state index >= 15 is 0 Å². The normalized spacial score (nSPS) is 52.3. The van der Waals surface area contributed by atoms with Crippen LogP contribution in [0.5, 0.6) is 0 Å². The fourth-order valence-corrected chi connectivity index (χ4v) is 4.74. The maximum Gasteiger partial charge on any atom is 0.0642 e. The van der Waals surface area contributed by atoms with Gasteiger partial charge in [-0.25, -0.2) is 0 Å². The third kappa shape index (κ3) is 0.997. The summed E-state index contributed by atoms with van der Waals surface area (Å²) in [7, 11) is 0. The molecule has 0 amide bonds. The topological polar surface area (TPSA) is 9.23 Å². The lowest BCUT2D eigenvalue weighted by atomic mass is 9.69. The van der Waals surface area contributed by atoms with E-state index in [2.05, 4.69) is 27.7 Å². The molecule has 3 atom stereocenters. The molecule has 1 heteroatoms. The smallest absolute Gasteiger partial charge is 0.0642 e. The molecule has 1 aliphatic heterocycles. The van der Waals surface area contributed by atoms with E-state index in [1.54, 1.807) is 0 Å². The summed E-state index contributed by atoms with van der Waals surface area (Å²) in [6.07, 6.45) is 6.06. The lowest BCUT2D eigenvalue weighted by Gasteiger charge is -2.36. The van der Waals surface area contributed by atoms with E-state index in [0.717, 1.165) is 5.92 Å². The average Bonchev–Trinajstić information content (AvgIpc) is 2.41. The SMILES string of the molecule is CC1(C)C[C@]23C[C@H](C[C@@H]2O1)C(C)(C)C3. The molecule has 0 radical (unpaired) electrons. The Morgan fingerprint density at radius 3 is 2.43 bits per heavy atom. The molecule has 0 aromatic carbocycles. The van der Waals surface area contributed by atoms with E-state index < -0.39 is 0 Å². The summed E-state index contributed by atoms with van der Waals surface area (Å²) in [6, 6.07) is 0. The molecule has 0 unspecified atom stereocenters. The highest BCUT2D eigenvalue weighted by Gasteiger charge is 2.65. The second kappa shape index (κ2) is 2.21. The van der Waals surface area contributed by atoms with Gasteiger partial charge in [-0.15, -0.1) is 0 Å².